The standard InChI is InChI=1S/C12H19N3O/c1-9-7-10(2)15(14-9)6-5-12(16)13-8-11-3-4-11/h7,11H,3-6,8H2,1-2H3,(H,13,16). The Morgan fingerprint density at radius 2 is 2.31 bits per heavy atom. The quantitative estimate of drug-likeness (QED) is 0.817. The summed E-state index contributed by atoms with van der Waals surface area (Å²) < 4.78 is 1.89. The first-order valence-electron chi connectivity index (χ1n) is 5.93. The van der Waals surface area contributed by atoms with E-state index in [0.29, 0.717) is 13.0 Å². The van der Waals surface area contributed by atoms with Gasteiger partial charge in [-0.15, -0.1) is 0 Å². The first-order valence-corrected chi connectivity index (χ1v) is 5.93. The summed E-state index contributed by atoms with van der Waals surface area (Å²) in [4.78, 5) is 11.5. The van der Waals surface area contributed by atoms with Gasteiger partial charge in [-0.05, 0) is 38.7 Å². The third-order valence-corrected chi connectivity index (χ3v) is 2.94. The Morgan fingerprint density at radius 1 is 1.56 bits per heavy atom. The molecule has 0 radical (unpaired) electrons. The lowest BCUT2D eigenvalue weighted by Crippen LogP contribution is -2.26. The second-order valence-corrected chi connectivity index (χ2v) is 4.65. The van der Waals surface area contributed by atoms with Gasteiger partial charge < -0.3 is 5.32 Å². The number of amides is 1. The minimum absolute atomic E-state index is 0.138. The molecule has 0 unspecified atom stereocenters. The molecule has 0 saturated heterocycles. The third kappa shape index (κ3) is 3.08. The van der Waals surface area contributed by atoms with Gasteiger partial charge in [0, 0.05) is 25.2 Å². The van der Waals surface area contributed by atoms with Crippen molar-refractivity contribution in [2.75, 3.05) is 6.54 Å². The number of carbonyl (C=O) groups excluding carboxylic acids is 1. The van der Waals surface area contributed by atoms with Gasteiger partial charge >= 0.3 is 0 Å². The highest BCUT2D eigenvalue weighted by atomic mass is 16.1. The summed E-state index contributed by atoms with van der Waals surface area (Å²) >= 11 is 0. The van der Waals surface area contributed by atoms with E-state index in [-0.39, 0.29) is 5.91 Å². The van der Waals surface area contributed by atoms with Crippen molar-refractivity contribution < 1.29 is 4.79 Å². The zero-order valence-corrected chi connectivity index (χ0v) is 9.99. The second kappa shape index (κ2) is 4.68. The Bertz CT molecular complexity index is 380. The summed E-state index contributed by atoms with van der Waals surface area (Å²) in [6.07, 6.45) is 3.07. The maximum atomic E-state index is 11.5. The Morgan fingerprint density at radius 3 is 2.88 bits per heavy atom. The molecule has 1 N–H and O–H groups in total. The van der Waals surface area contributed by atoms with Gasteiger partial charge in [0.15, 0.2) is 0 Å². The Kier molecular flexibility index (Phi) is 3.27. The van der Waals surface area contributed by atoms with E-state index in [1.807, 2.05) is 24.6 Å². The maximum absolute atomic E-state index is 11.5. The first-order chi connectivity index (χ1) is 7.65. The lowest BCUT2D eigenvalue weighted by Gasteiger charge is -2.05. The monoisotopic (exact) mass is 221 g/mol. The van der Waals surface area contributed by atoms with Gasteiger partial charge in [0.05, 0.1) is 5.69 Å². The number of nitrogens with zero attached hydrogens (tertiary/aromatic N) is 2. The molecule has 1 saturated carbocycles. The number of rotatable bonds is 5. The summed E-state index contributed by atoms with van der Waals surface area (Å²) in [6.45, 7) is 5.52. The number of aromatic nitrogens is 2. The van der Waals surface area contributed by atoms with Crippen LogP contribution in [-0.4, -0.2) is 22.2 Å². The second-order valence-electron chi connectivity index (χ2n) is 4.65. The van der Waals surface area contributed by atoms with Crippen molar-refractivity contribution >= 4 is 5.91 Å². The van der Waals surface area contributed by atoms with Crippen LogP contribution in [0.3, 0.4) is 0 Å². The largest absolute Gasteiger partial charge is 0.356 e. The van der Waals surface area contributed by atoms with Crippen molar-refractivity contribution in [1.82, 2.24) is 15.1 Å². The summed E-state index contributed by atoms with van der Waals surface area (Å²) in [5, 5.41) is 7.29. The summed E-state index contributed by atoms with van der Waals surface area (Å²) in [5.74, 6) is 0.886. The van der Waals surface area contributed by atoms with Crippen LogP contribution in [0.1, 0.15) is 30.7 Å². The Balaban J connectivity index is 1.73. The highest BCUT2D eigenvalue weighted by Crippen LogP contribution is 2.27. The average Bonchev–Trinajstić information content (AvgIpc) is 2.99. The molecule has 0 aromatic carbocycles. The molecule has 0 bridgehead atoms. The number of hydrogen-bond donors (Lipinski definition) is 1. The van der Waals surface area contributed by atoms with Crippen LogP contribution in [0.15, 0.2) is 6.07 Å². The highest BCUT2D eigenvalue weighted by molar-refractivity contribution is 5.75. The molecule has 1 heterocycles. The molecule has 88 valence electrons. The smallest absolute Gasteiger partial charge is 0.221 e. The van der Waals surface area contributed by atoms with Crippen molar-refractivity contribution in [3.8, 4) is 0 Å². The van der Waals surface area contributed by atoms with E-state index in [1.54, 1.807) is 0 Å². The molecule has 1 fully saturated rings. The molecule has 1 aliphatic carbocycles. The van der Waals surface area contributed by atoms with E-state index < -0.39 is 0 Å². The molecule has 0 spiro atoms. The fourth-order valence-corrected chi connectivity index (χ4v) is 1.78. The Labute approximate surface area is 96.0 Å². The van der Waals surface area contributed by atoms with Gasteiger partial charge in [-0.25, -0.2) is 0 Å². The zero-order valence-electron chi connectivity index (χ0n) is 9.99. The fourth-order valence-electron chi connectivity index (χ4n) is 1.78. The highest BCUT2D eigenvalue weighted by Gasteiger charge is 2.21. The molecule has 2 rings (SSSR count). The molecule has 1 aliphatic rings. The van der Waals surface area contributed by atoms with E-state index in [9.17, 15) is 4.79 Å². The summed E-state index contributed by atoms with van der Waals surface area (Å²) in [6, 6.07) is 2.03. The van der Waals surface area contributed by atoms with Crippen LogP contribution >= 0.6 is 0 Å². The predicted octanol–water partition coefficient (Wildman–Crippen LogP) is 1.42. The molecule has 1 aromatic rings. The normalized spacial score (nSPS) is 15.1. The SMILES string of the molecule is Cc1cc(C)n(CCC(=O)NCC2CC2)n1. The Hall–Kier alpha value is -1.32. The van der Waals surface area contributed by atoms with Gasteiger partial charge in [-0.3, -0.25) is 9.48 Å². The van der Waals surface area contributed by atoms with Gasteiger partial charge in [-0.2, -0.15) is 5.10 Å². The van der Waals surface area contributed by atoms with Crippen molar-refractivity contribution in [3.63, 3.8) is 0 Å². The minimum Gasteiger partial charge on any atom is -0.356 e. The van der Waals surface area contributed by atoms with Gasteiger partial charge in [-0.1, -0.05) is 0 Å². The predicted molar refractivity (Wildman–Crippen MR) is 62.1 cm³/mol. The van der Waals surface area contributed by atoms with Crippen LogP contribution in [0.4, 0.5) is 0 Å². The molecule has 1 aromatic heterocycles. The molecule has 4 heteroatoms. The van der Waals surface area contributed by atoms with E-state index >= 15 is 0 Å². The van der Waals surface area contributed by atoms with Crippen molar-refractivity contribution in [1.29, 1.82) is 0 Å². The van der Waals surface area contributed by atoms with Crippen LogP contribution in [-0.2, 0) is 11.3 Å². The lowest BCUT2D eigenvalue weighted by atomic mass is 10.3. The number of carbonyl (C=O) groups is 1. The lowest BCUT2D eigenvalue weighted by molar-refractivity contribution is -0.121. The maximum Gasteiger partial charge on any atom is 0.221 e. The topological polar surface area (TPSA) is 46.9 Å². The van der Waals surface area contributed by atoms with E-state index in [2.05, 4.69) is 10.4 Å². The third-order valence-electron chi connectivity index (χ3n) is 2.94. The van der Waals surface area contributed by atoms with Crippen LogP contribution in [0.25, 0.3) is 0 Å². The summed E-state index contributed by atoms with van der Waals surface area (Å²) in [7, 11) is 0. The van der Waals surface area contributed by atoms with Gasteiger partial charge in [0.2, 0.25) is 5.91 Å². The number of hydrogen-bond acceptors (Lipinski definition) is 2. The van der Waals surface area contributed by atoms with Crippen LogP contribution in [0, 0.1) is 19.8 Å². The molecular weight excluding hydrogens is 202 g/mol. The van der Waals surface area contributed by atoms with Crippen molar-refractivity contribution in [2.24, 2.45) is 5.92 Å². The number of aryl methyl sites for hydroxylation is 3. The van der Waals surface area contributed by atoms with Crippen molar-refractivity contribution in [2.45, 2.75) is 39.7 Å². The minimum atomic E-state index is 0.138. The van der Waals surface area contributed by atoms with Gasteiger partial charge in [0.1, 0.15) is 0 Å². The molecule has 16 heavy (non-hydrogen) atoms. The molecule has 4 nitrogen and oxygen atoms in total. The number of nitrogens with one attached hydrogen (secondary N) is 1. The van der Waals surface area contributed by atoms with Crippen LogP contribution < -0.4 is 5.32 Å². The van der Waals surface area contributed by atoms with Crippen LogP contribution in [0.5, 0.6) is 0 Å². The van der Waals surface area contributed by atoms with Crippen molar-refractivity contribution in [3.05, 3.63) is 17.5 Å². The first kappa shape index (κ1) is 11.2. The van der Waals surface area contributed by atoms with E-state index in [1.165, 1.54) is 12.8 Å². The molecule has 0 aliphatic heterocycles. The zero-order chi connectivity index (χ0) is 11.5. The summed E-state index contributed by atoms with van der Waals surface area (Å²) in [5.41, 5.74) is 2.13. The molecule has 1 amide bonds. The fraction of sp³-hybridized carbons (Fsp3) is 0.667. The van der Waals surface area contributed by atoms with E-state index in [0.717, 1.165) is 23.9 Å². The molecular formula is C12H19N3O. The van der Waals surface area contributed by atoms with Gasteiger partial charge in [0.25, 0.3) is 0 Å². The van der Waals surface area contributed by atoms with Crippen LogP contribution in [0.2, 0.25) is 0 Å². The van der Waals surface area contributed by atoms with E-state index in [4.69, 9.17) is 0 Å². The average molecular weight is 221 g/mol. The molecule has 0 atom stereocenters.